The zero-order valence-electron chi connectivity index (χ0n) is 16.7. The van der Waals surface area contributed by atoms with Gasteiger partial charge < -0.3 is 19.1 Å². The van der Waals surface area contributed by atoms with Crippen molar-refractivity contribution >= 4 is 11.9 Å². The summed E-state index contributed by atoms with van der Waals surface area (Å²) in [6.07, 6.45) is 5.29. The molecule has 7 heteroatoms. The number of benzene rings is 2. The molecule has 0 aliphatic rings. The molecule has 0 unspecified atom stereocenters. The minimum Gasteiger partial charge on any atom is -0.493 e. The summed E-state index contributed by atoms with van der Waals surface area (Å²) in [5.41, 5.74) is 2.94. The SMILES string of the molecule is COc1cc(-c2nccn2/N=C/c2ccc(N(C)C)cc2)cc(OC)c1OC. The van der Waals surface area contributed by atoms with Crippen LogP contribution in [0.1, 0.15) is 5.56 Å². The lowest BCUT2D eigenvalue weighted by atomic mass is 10.1. The van der Waals surface area contributed by atoms with Crippen molar-refractivity contribution in [1.29, 1.82) is 0 Å². The summed E-state index contributed by atoms with van der Waals surface area (Å²) >= 11 is 0. The van der Waals surface area contributed by atoms with Gasteiger partial charge in [-0.05, 0) is 29.8 Å². The van der Waals surface area contributed by atoms with Crippen molar-refractivity contribution in [2.75, 3.05) is 40.3 Å². The second-order valence-electron chi connectivity index (χ2n) is 6.24. The fourth-order valence-electron chi connectivity index (χ4n) is 2.79. The maximum absolute atomic E-state index is 5.43. The summed E-state index contributed by atoms with van der Waals surface area (Å²) in [5.74, 6) is 2.33. The number of hydrogen-bond donors (Lipinski definition) is 0. The van der Waals surface area contributed by atoms with Crippen molar-refractivity contribution in [2.24, 2.45) is 5.10 Å². The van der Waals surface area contributed by atoms with E-state index in [-0.39, 0.29) is 0 Å². The molecule has 3 aromatic rings. The van der Waals surface area contributed by atoms with Gasteiger partial charge in [0.1, 0.15) is 0 Å². The van der Waals surface area contributed by atoms with Crippen LogP contribution in [-0.2, 0) is 0 Å². The molecule has 0 aliphatic heterocycles. The first-order valence-corrected chi connectivity index (χ1v) is 8.73. The van der Waals surface area contributed by atoms with E-state index in [0.717, 1.165) is 16.8 Å². The maximum Gasteiger partial charge on any atom is 0.203 e. The molecule has 7 nitrogen and oxygen atoms in total. The summed E-state index contributed by atoms with van der Waals surface area (Å²) in [5, 5.41) is 4.54. The summed E-state index contributed by atoms with van der Waals surface area (Å²) in [6, 6.07) is 11.8. The molecule has 1 aromatic heterocycles. The first-order valence-electron chi connectivity index (χ1n) is 8.73. The summed E-state index contributed by atoms with van der Waals surface area (Å²) in [6.45, 7) is 0. The van der Waals surface area contributed by atoms with E-state index in [1.165, 1.54) is 0 Å². The van der Waals surface area contributed by atoms with E-state index in [1.54, 1.807) is 44.6 Å². The molecule has 28 heavy (non-hydrogen) atoms. The van der Waals surface area contributed by atoms with Crippen LogP contribution >= 0.6 is 0 Å². The van der Waals surface area contributed by atoms with Gasteiger partial charge in [0.05, 0.1) is 27.5 Å². The Bertz CT molecular complexity index is 937. The third-order valence-corrected chi connectivity index (χ3v) is 4.29. The smallest absolute Gasteiger partial charge is 0.203 e. The van der Waals surface area contributed by atoms with Gasteiger partial charge >= 0.3 is 0 Å². The average Bonchev–Trinajstić information content (AvgIpc) is 3.20. The number of anilines is 1. The zero-order chi connectivity index (χ0) is 20.1. The van der Waals surface area contributed by atoms with Gasteiger partial charge in [-0.3, -0.25) is 0 Å². The molecular formula is C21H24N4O3. The molecule has 0 radical (unpaired) electrons. The molecule has 0 fully saturated rings. The van der Waals surface area contributed by atoms with Crippen molar-refractivity contribution < 1.29 is 14.2 Å². The molecule has 1 heterocycles. The zero-order valence-corrected chi connectivity index (χ0v) is 16.7. The number of ether oxygens (including phenoxy) is 3. The number of nitrogens with zero attached hydrogens (tertiary/aromatic N) is 4. The Morgan fingerprint density at radius 3 is 2.14 bits per heavy atom. The van der Waals surface area contributed by atoms with Gasteiger partial charge in [0.15, 0.2) is 17.3 Å². The van der Waals surface area contributed by atoms with Crippen LogP contribution in [0.15, 0.2) is 53.9 Å². The van der Waals surface area contributed by atoms with Gasteiger partial charge in [-0.1, -0.05) is 12.1 Å². The average molecular weight is 380 g/mol. The third kappa shape index (κ3) is 3.93. The van der Waals surface area contributed by atoms with Crippen molar-refractivity contribution in [3.05, 3.63) is 54.4 Å². The normalized spacial score (nSPS) is 10.9. The van der Waals surface area contributed by atoms with E-state index < -0.39 is 0 Å². The van der Waals surface area contributed by atoms with Gasteiger partial charge in [0.2, 0.25) is 5.75 Å². The number of imidazole rings is 1. The van der Waals surface area contributed by atoms with Gasteiger partial charge in [0.25, 0.3) is 0 Å². The Hall–Kier alpha value is -3.48. The third-order valence-electron chi connectivity index (χ3n) is 4.29. The Morgan fingerprint density at radius 1 is 0.964 bits per heavy atom. The Morgan fingerprint density at radius 2 is 1.61 bits per heavy atom. The fourth-order valence-corrected chi connectivity index (χ4v) is 2.79. The minimum atomic E-state index is 0.538. The van der Waals surface area contributed by atoms with Crippen LogP contribution in [0.5, 0.6) is 17.2 Å². The lowest BCUT2D eigenvalue weighted by Crippen LogP contribution is -2.08. The molecule has 3 rings (SSSR count). The molecular weight excluding hydrogens is 356 g/mol. The van der Waals surface area contributed by atoms with Gasteiger partial charge in [0, 0.05) is 37.7 Å². The summed E-state index contributed by atoms with van der Waals surface area (Å²) < 4.78 is 18.0. The predicted molar refractivity (Wildman–Crippen MR) is 111 cm³/mol. The standard InChI is InChI=1S/C21H24N4O3/c1-24(2)17-8-6-15(7-9-17)14-23-25-11-10-22-21(25)16-12-18(26-3)20(28-5)19(13-16)27-4/h6-14H,1-5H3/b23-14+. The van der Waals surface area contributed by atoms with E-state index in [4.69, 9.17) is 14.2 Å². The lowest BCUT2D eigenvalue weighted by molar-refractivity contribution is 0.324. The first-order chi connectivity index (χ1) is 13.6. The van der Waals surface area contributed by atoms with Crippen LogP contribution in [0.25, 0.3) is 11.4 Å². The Kier molecular flexibility index (Phi) is 5.84. The van der Waals surface area contributed by atoms with Crippen LogP contribution < -0.4 is 19.1 Å². The quantitative estimate of drug-likeness (QED) is 0.587. The molecule has 2 aromatic carbocycles. The molecule has 0 bridgehead atoms. The van der Waals surface area contributed by atoms with E-state index in [1.807, 2.05) is 38.4 Å². The lowest BCUT2D eigenvalue weighted by Gasteiger charge is -2.14. The summed E-state index contributed by atoms with van der Waals surface area (Å²) in [7, 11) is 8.77. The Balaban J connectivity index is 1.93. The van der Waals surface area contributed by atoms with Crippen LogP contribution in [0.3, 0.4) is 0 Å². The highest BCUT2D eigenvalue weighted by molar-refractivity contribution is 5.80. The van der Waals surface area contributed by atoms with Gasteiger partial charge in [-0.2, -0.15) is 5.10 Å². The highest BCUT2D eigenvalue weighted by atomic mass is 16.5. The number of methoxy groups -OCH3 is 3. The van der Waals surface area contributed by atoms with Crippen LogP contribution in [-0.4, -0.2) is 51.3 Å². The molecule has 146 valence electrons. The molecule has 0 N–H and O–H groups in total. The van der Waals surface area contributed by atoms with Gasteiger partial charge in [-0.15, -0.1) is 0 Å². The van der Waals surface area contributed by atoms with Crippen LogP contribution in [0.2, 0.25) is 0 Å². The number of hydrogen-bond acceptors (Lipinski definition) is 6. The van der Waals surface area contributed by atoms with Crippen LogP contribution in [0.4, 0.5) is 5.69 Å². The predicted octanol–water partition coefficient (Wildman–Crippen LogP) is 3.52. The van der Waals surface area contributed by atoms with Crippen molar-refractivity contribution in [2.45, 2.75) is 0 Å². The number of rotatable bonds is 7. The van der Waals surface area contributed by atoms with Gasteiger partial charge in [-0.25, -0.2) is 9.66 Å². The van der Waals surface area contributed by atoms with E-state index in [9.17, 15) is 0 Å². The largest absolute Gasteiger partial charge is 0.493 e. The summed E-state index contributed by atoms with van der Waals surface area (Å²) in [4.78, 5) is 6.49. The van der Waals surface area contributed by atoms with E-state index >= 15 is 0 Å². The molecule has 0 saturated carbocycles. The molecule has 0 aliphatic carbocycles. The van der Waals surface area contributed by atoms with E-state index in [2.05, 4.69) is 27.1 Å². The van der Waals surface area contributed by atoms with E-state index in [0.29, 0.717) is 23.1 Å². The molecule has 0 atom stereocenters. The molecule has 0 saturated heterocycles. The number of aromatic nitrogens is 2. The highest BCUT2D eigenvalue weighted by Gasteiger charge is 2.16. The Labute approximate surface area is 164 Å². The second kappa shape index (κ2) is 8.47. The molecule has 0 spiro atoms. The fraction of sp³-hybridized carbons (Fsp3) is 0.238. The van der Waals surface area contributed by atoms with Crippen LogP contribution in [0, 0.1) is 0 Å². The highest BCUT2D eigenvalue weighted by Crippen LogP contribution is 2.40. The minimum absolute atomic E-state index is 0.538. The van der Waals surface area contributed by atoms with Crippen molar-refractivity contribution in [1.82, 2.24) is 9.66 Å². The molecule has 0 amide bonds. The van der Waals surface area contributed by atoms with Crippen molar-refractivity contribution in [3.8, 4) is 28.6 Å². The monoisotopic (exact) mass is 380 g/mol. The van der Waals surface area contributed by atoms with Crippen molar-refractivity contribution in [3.63, 3.8) is 0 Å². The second-order valence-corrected chi connectivity index (χ2v) is 6.24. The topological polar surface area (TPSA) is 61.1 Å². The first kappa shape index (κ1) is 19.3. The maximum atomic E-state index is 5.43.